The van der Waals surface area contributed by atoms with Crippen molar-refractivity contribution >= 4 is 23.5 Å². The third kappa shape index (κ3) is 2.53. The minimum absolute atomic E-state index is 0.0708. The summed E-state index contributed by atoms with van der Waals surface area (Å²) in [7, 11) is 0. The fourth-order valence-corrected chi connectivity index (χ4v) is 3.16. The number of aromatic nitrogens is 1. The highest BCUT2D eigenvalue weighted by Gasteiger charge is 2.49. The Morgan fingerprint density at radius 1 is 1.25 bits per heavy atom. The number of imide groups is 1. The standard InChI is InChI=1S/C17H13ClFN3O2/c18-12-3-1-9(5-13(12)19)14-4-2-10(7-20-14)11-6-15(11)22-16(23)8-21-17(22)24/h1-5,7,11,15H,6,8H2,(H,21,24)/t11-,15+/m0/s1. The molecule has 3 amide bonds. The molecular formula is C17H13ClFN3O2. The van der Waals surface area contributed by atoms with Crippen molar-refractivity contribution in [3.8, 4) is 11.3 Å². The van der Waals surface area contributed by atoms with Gasteiger partial charge >= 0.3 is 6.03 Å². The van der Waals surface area contributed by atoms with Crippen molar-refractivity contribution in [1.82, 2.24) is 15.2 Å². The van der Waals surface area contributed by atoms with Crippen molar-refractivity contribution in [2.75, 3.05) is 6.54 Å². The van der Waals surface area contributed by atoms with Crippen molar-refractivity contribution in [2.45, 2.75) is 18.4 Å². The Bertz CT molecular complexity index is 824. The predicted octanol–water partition coefficient (Wildman–Crippen LogP) is 2.95. The van der Waals surface area contributed by atoms with Crippen molar-refractivity contribution < 1.29 is 14.0 Å². The van der Waals surface area contributed by atoms with E-state index in [1.165, 1.54) is 17.0 Å². The molecule has 1 aliphatic carbocycles. The van der Waals surface area contributed by atoms with Gasteiger partial charge in [-0.15, -0.1) is 0 Å². The fraction of sp³-hybridized carbons (Fsp3) is 0.235. The van der Waals surface area contributed by atoms with Crippen LogP contribution in [0.5, 0.6) is 0 Å². The molecule has 1 saturated carbocycles. The summed E-state index contributed by atoms with van der Waals surface area (Å²) < 4.78 is 13.5. The number of urea groups is 1. The average molecular weight is 346 g/mol. The van der Waals surface area contributed by atoms with Gasteiger partial charge in [0.05, 0.1) is 17.3 Å². The molecule has 0 bridgehead atoms. The maximum atomic E-state index is 13.5. The Morgan fingerprint density at radius 3 is 2.71 bits per heavy atom. The van der Waals surface area contributed by atoms with Gasteiger partial charge in [0.2, 0.25) is 5.91 Å². The molecule has 1 aromatic heterocycles. The molecule has 2 heterocycles. The van der Waals surface area contributed by atoms with Crippen molar-refractivity contribution in [2.24, 2.45) is 0 Å². The normalized spacial score (nSPS) is 22.7. The number of nitrogens with one attached hydrogen (secondary N) is 1. The second kappa shape index (κ2) is 5.56. The summed E-state index contributed by atoms with van der Waals surface area (Å²) in [5.74, 6) is -0.559. The molecule has 2 fully saturated rings. The zero-order chi connectivity index (χ0) is 16.8. The number of hydrogen-bond donors (Lipinski definition) is 1. The van der Waals surface area contributed by atoms with Gasteiger partial charge in [-0.25, -0.2) is 9.18 Å². The van der Waals surface area contributed by atoms with Gasteiger partial charge in [-0.1, -0.05) is 23.7 Å². The van der Waals surface area contributed by atoms with Crippen molar-refractivity contribution in [3.05, 3.63) is 52.9 Å². The first-order valence-corrected chi connectivity index (χ1v) is 7.93. The van der Waals surface area contributed by atoms with Crippen LogP contribution < -0.4 is 5.32 Å². The van der Waals surface area contributed by atoms with Crippen molar-refractivity contribution in [3.63, 3.8) is 0 Å². The number of amides is 3. The van der Waals surface area contributed by atoms with Gasteiger partial charge < -0.3 is 5.32 Å². The van der Waals surface area contributed by atoms with Crippen LogP contribution in [0.3, 0.4) is 0 Å². The molecule has 122 valence electrons. The zero-order valence-electron chi connectivity index (χ0n) is 12.5. The number of hydrogen-bond acceptors (Lipinski definition) is 3. The molecule has 0 unspecified atom stereocenters. The number of carbonyl (C=O) groups excluding carboxylic acids is 2. The largest absolute Gasteiger partial charge is 0.329 e. The first-order chi connectivity index (χ1) is 11.5. The fourth-order valence-electron chi connectivity index (χ4n) is 3.05. The summed E-state index contributed by atoms with van der Waals surface area (Å²) in [4.78, 5) is 29.1. The van der Waals surface area contributed by atoms with Gasteiger partial charge in [0.25, 0.3) is 0 Å². The van der Waals surface area contributed by atoms with Crippen LogP contribution in [-0.4, -0.2) is 34.4 Å². The lowest BCUT2D eigenvalue weighted by molar-refractivity contribution is -0.125. The summed E-state index contributed by atoms with van der Waals surface area (Å²) >= 11 is 5.68. The molecule has 1 aromatic carbocycles. The number of benzene rings is 1. The Balaban J connectivity index is 1.52. The monoisotopic (exact) mass is 345 g/mol. The number of rotatable bonds is 3. The third-order valence-electron chi connectivity index (χ3n) is 4.40. The van der Waals surface area contributed by atoms with Gasteiger partial charge in [-0.2, -0.15) is 0 Å². The highest BCUT2D eigenvalue weighted by Crippen LogP contribution is 2.45. The molecule has 0 spiro atoms. The lowest BCUT2D eigenvalue weighted by Gasteiger charge is -2.12. The minimum Gasteiger partial charge on any atom is -0.329 e. The van der Waals surface area contributed by atoms with E-state index in [0.29, 0.717) is 11.3 Å². The third-order valence-corrected chi connectivity index (χ3v) is 4.70. The lowest BCUT2D eigenvalue weighted by atomic mass is 10.1. The lowest BCUT2D eigenvalue weighted by Crippen LogP contribution is -2.33. The Hall–Kier alpha value is -2.47. The predicted molar refractivity (Wildman–Crippen MR) is 86.0 cm³/mol. The summed E-state index contributed by atoms with van der Waals surface area (Å²) in [5.41, 5.74) is 2.25. The Labute approximate surface area is 142 Å². The molecule has 1 N–H and O–H groups in total. The summed E-state index contributed by atoms with van der Waals surface area (Å²) in [5, 5.41) is 2.60. The highest BCUT2D eigenvalue weighted by atomic mass is 35.5. The SMILES string of the molecule is O=C1CNC(=O)N1[C@@H]1C[C@H]1c1ccc(-c2ccc(Cl)c(F)c2)nc1. The summed E-state index contributed by atoms with van der Waals surface area (Å²) in [6.07, 6.45) is 2.46. The summed E-state index contributed by atoms with van der Waals surface area (Å²) in [6, 6.07) is 7.83. The molecule has 2 atom stereocenters. The van der Waals surface area contributed by atoms with Gasteiger partial charge in [0.1, 0.15) is 5.82 Å². The number of carbonyl (C=O) groups is 2. The second-order valence-corrected chi connectivity index (χ2v) is 6.34. The van der Waals surface area contributed by atoms with E-state index in [-0.39, 0.29) is 35.5 Å². The summed E-state index contributed by atoms with van der Waals surface area (Å²) in [6.45, 7) is 0.0708. The van der Waals surface area contributed by atoms with Crippen LogP contribution in [0, 0.1) is 5.82 Å². The maximum absolute atomic E-state index is 13.5. The van der Waals surface area contributed by atoms with Gasteiger partial charge in [0, 0.05) is 23.7 Å². The van der Waals surface area contributed by atoms with E-state index in [9.17, 15) is 14.0 Å². The molecule has 2 aromatic rings. The molecule has 7 heteroatoms. The first kappa shape index (κ1) is 15.1. The number of pyridine rings is 1. The topological polar surface area (TPSA) is 62.3 Å². The Kier molecular flexibility index (Phi) is 3.49. The minimum atomic E-state index is -0.485. The van der Waals surface area contributed by atoms with E-state index in [0.717, 1.165) is 12.0 Å². The maximum Gasteiger partial charge on any atom is 0.324 e. The van der Waals surface area contributed by atoms with E-state index >= 15 is 0 Å². The van der Waals surface area contributed by atoms with Crippen LogP contribution in [0.1, 0.15) is 17.9 Å². The highest BCUT2D eigenvalue weighted by molar-refractivity contribution is 6.30. The van der Waals surface area contributed by atoms with E-state index < -0.39 is 5.82 Å². The quantitative estimate of drug-likeness (QED) is 0.870. The van der Waals surface area contributed by atoms with Crippen LogP contribution >= 0.6 is 11.6 Å². The van der Waals surface area contributed by atoms with Crippen LogP contribution in [-0.2, 0) is 4.79 Å². The average Bonchev–Trinajstić information content (AvgIpc) is 3.29. The zero-order valence-corrected chi connectivity index (χ0v) is 13.3. The molecule has 2 aliphatic rings. The van der Waals surface area contributed by atoms with Crippen molar-refractivity contribution in [1.29, 1.82) is 0 Å². The van der Waals surface area contributed by atoms with E-state index in [4.69, 9.17) is 11.6 Å². The van der Waals surface area contributed by atoms with Crippen LogP contribution in [0.25, 0.3) is 11.3 Å². The first-order valence-electron chi connectivity index (χ1n) is 7.56. The molecule has 1 saturated heterocycles. The molecule has 5 nitrogen and oxygen atoms in total. The molecule has 1 aliphatic heterocycles. The smallest absolute Gasteiger partial charge is 0.324 e. The Morgan fingerprint density at radius 2 is 2.08 bits per heavy atom. The van der Waals surface area contributed by atoms with Crippen LogP contribution in [0.2, 0.25) is 5.02 Å². The number of nitrogens with zero attached hydrogens (tertiary/aromatic N) is 2. The van der Waals surface area contributed by atoms with E-state index in [1.807, 2.05) is 6.07 Å². The molecule has 24 heavy (non-hydrogen) atoms. The van der Waals surface area contributed by atoms with Gasteiger partial charge in [0.15, 0.2) is 0 Å². The number of halogens is 2. The molecular weight excluding hydrogens is 333 g/mol. The van der Waals surface area contributed by atoms with E-state index in [1.54, 1.807) is 18.3 Å². The molecule has 4 rings (SSSR count). The van der Waals surface area contributed by atoms with Crippen LogP contribution in [0.15, 0.2) is 36.5 Å². The van der Waals surface area contributed by atoms with E-state index in [2.05, 4.69) is 10.3 Å². The van der Waals surface area contributed by atoms with Gasteiger partial charge in [-0.3, -0.25) is 14.7 Å². The molecule has 0 radical (unpaired) electrons. The van der Waals surface area contributed by atoms with Gasteiger partial charge in [-0.05, 0) is 30.2 Å². The second-order valence-electron chi connectivity index (χ2n) is 5.94. The van der Waals surface area contributed by atoms with Crippen LogP contribution in [0.4, 0.5) is 9.18 Å².